The number of carbonyl (C=O) groups excluding carboxylic acids is 1. The minimum absolute atomic E-state index is 0.0534. The SMILES string of the molecule is COc1ccc2[nH]cc(C3(C(=O)NCc4ccco4)CC3)c2c1. The van der Waals surface area contributed by atoms with Gasteiger partial charge in [-0.3, -0.25) is 4.79 Å². The topological polar surface area (TPSA) is 67.3 Å². The Balaban J connectivity index is 1.62. The van der Waals surface area contributed by atoms with Crippen LogP contribution in [0.2, 0.25) is 0 Å². The maximum atomic E-state index is 12.7. The lowest BCUT2D eigenvalue weighted by Crippen LogP contribution is -2.34. The molecule has 3 aromatic rings. The number of aromatic nitrogens is 1. The van der Waals surface area contributed by atoms with Gasteiger partial charge in [0.05, 0.1) is 25.3 Å². The molecular formula is C18H18N2O3. The van der Waals surface area contributed by atoms with Gasteiger partial charge in [0.15, 0.2) is 0 Å². The van der Waals surface area contributed by atoms with Gasteiger partial charge >= 0.3 is 0 Å². The zero-order chi connectivity index (χ0) is 15.9. The monoisotopic (exact) mass is 310 g/mol. The van der Waals surface area contributed by atoms with E-state index in [0.717, 1.165) is 40.8 Å². The van der Waals surface area contributed by atoms with Gasteiger partial charge in [-0.2, -0.15) is 0 Å². The second kappa shape index (κ2) is 5.19. The number of rotatable bonds is 5. The number of aromatic amines is 1. The second-order valence-electron chi connectivity index (χ2n) is 5.96. The maximum absolute atomic E-state index is 12.7. The van der Waals surface area contributed by atoms with E-state index in [9.17, 15) is 4.79 Å². The number of ether oxygens (including phenoxy) is 1. The first kappa shape index (κ1) is 13.9. The second-order valence-corrected chi connectivity index (χ2v) is 5.96. The molecule has 5 heteroatoms. The number of carbonyl (C=O) groups is 1. The summed E-state index contributed by atoms with van der Waals surface area (Å²) in [7, 11) is 1.65. The largest absolute Gasteiger partial charge is 0.497 e. The van der Waals surface area contributed by atoms with Crippen molar-refractivity contribution in [2.24, 2.45) is 0 Å². The Labute approximate surface area is 133 Å². The van der Waals surface area contributed by atoms with E-state index >= 15 is 0 Å². The Hall–Kier alpha value is -2.69. The fraction of sp³-hybridized carbons (Fsp3) is 0.278. The predicted octanol–water partition coefficient (Wildman–Crippen LogP) is 3.12. The molecule has 0 radical (unpaired) electrons. The lowest BCUT2D eigenvalue weighted by atomic mass is 9.94. The van der Waals surface area contributed by atoms with Gasteiger partial charge in [0.25, 0.3) is 0 Å². The Morgan fingerprint density at radius 1 is 1.39 bits per heavy atom. The third kappa shape index (κ3) is 2.29. The minimum atomic E-state index is -0.433. The van der Waals surface area contributed by atoms with Crippen molar-refractivity contribution < 1.29 is 13.9 Å². The molecule has 2 N–H and O–H groups in total. The molecule has 0 spiro atoms. The van der Waals surface area contributed by atoms with Crippen LogP contribution in [-0.2, 0) is 16.8 Å². The summed E-state index contributed by atoms with van der Waals surface area (Å²) in [5.74, 6) is 1.61. The quantitative estimate of drug-likeness (QED) is 0.761. The normalized spacial score (nSPS) is 15.5. The molecule has 0 bridgehead atoms. The van der Waals surface area contributed by atoms with E-state index in [1.165, 1.54) is 0 Å². The van der Waals surface area contributed by atoms with Crippen LogP contribution < -0.4 is 10.1 Å². The molecule has 1 amide bonds. The summed E-state index contributed by atoms with van der Waals surface area (Å²) in [6.07, 6.45) is 5.28. The van der Waals surface area contributed by atoms with Crippen LogP contribution in [0.4, 0.5) is 0 Å². The molecule has 5 nitrogen and oxygen atoms in total. The van der Waals surface area contributed by atoms with E-state index in [4.69, 9.17) is 9.15 Å². The highest BCUT2D eigenvalue weighted by atomic mass is 16.5. The van der Waals surface area contributed by atoms with Crippen molar-refractivity contribution >= 4 is 16.8 Å². The third-order valence-corrected chi connectivity index (χ3v) is 4.59. The summed E-state index contributed by atoms with van der Waals surface area (Å²) in [5.41, 5.74) is 1.63. The van der Waals surface area contributed by atoms with Gasteiger partial charge in [-0.25, -0.2) is 0 Å². The number of fused-ring (bicyclic) bond motifs is 1. The van der Waals surface area contributed by atoms with E-state index in [1.807, 2.05) is 36.5 Å². The van der Waals surface area contributed by atoms with Gasteiger partial charge in [-0.1, -0.05) is 0 Å². The Bertz CT molecular complexity index is 844. The molecule has 0 unspecified atom stereocenters. The highest BCUT2D eigenvalue weighted by molar-refractivity contribution is 5.97. The molecular weight excluding hydrogens is 292 g/mol. The average Bonchev–Trinajstić information content (AvgIpc) is 3.03. The van der Waals surface area contributed by atoms with E-state index in [1.54, 1.807) is 13.4 Å². The smallest absolute Gasteiger partial charge is 0.231 e. The van der Waals surface area contributed by atoms with Crippen LogP contribution in [0.15, 0.2) is 47.2 Å². The molecule has 1 fully saturated rings. The molecule has 2 aromatic heterocycles. The standard InChI is InChI=1S/C18H18N2O3/c1-22-12-4-5-16-14(9-12)15(11-19-16)18(6-7-18)17(21)20-10-13-3-2-8-23-13/h2-5,8-9,11,19H,6-7,10H2,1H3,(H,20,21). The van der Waals surface area contributed by atoms with Crippen LogP contribution in [0.1, 0.15) is 24.2 Å². The van der Waals surface area contributed by atoms with Crippen LogP contribution in [0.25, 0.3) is 10.9 Å². The zero-order valence-corrected chi connectivity index (χ0v) is 12.9. The summed E-state index contributed by atoms with van der Waals surface area (Å²) >= 11 is 0. The maximum Gasteiger partial charge on any atom is 0.231 e. The molecule has 0 aliphatic heterocycles. The summed E-state index contributed by atoms with van der Waals surface area (Å²) in [6.45, 7) is 0.416. The van der Waals surface area contributed by atoms with Crippen molar-refractivity contribution in [1.82, 2.24) is 10.3 Å². The van der Waals surface area contributed by atoms with Crippen molar-refractivity contribution in [3.63, 3.8) is 0 Å². The van der Waals surface area contributed by atoms with Crippen molar-refractivity contribution in [3.8, 4) is 5.75 Å². The van der Waals surface area contributed by atoms with Crippen LogP contribution in [0.3, 0.4) is 0 Å². The summed E-state index contributed by atoms with van der Waals surface area (Å²) in [5, 5.41) is 4.04. The molecule has 1 aliphatic rings. The summed E-state index contributed by atoms with van der Waals surface area (Å²) < 4.78 is 10.6. The van der Waals surface area contributed by atoms with E-state index in [2.05, 4.69) is 10.3 Å². The first-order chi connectivity index (χ1) is 11.2. The summed E-state index contributed by atoms with van der Waals surface area (Å²) in [6, 6.07) is 9.56. The van der Waals surface area contributed by atoms with E-state index in [-0.39, 0.29) is 5.91 Å². The average molecular weight is 310 g/mol. The fourth-order valence-corrected chi connectivity index (χ4v) is 3.12. The van der Waals surface area contributed by atoms with Gasteiger partial charge in [-0.15, -0.1) is 0 Å². The molecule has 0 atom stereocenters. The van der Waals surface area contributed by atoms with Crippen LogP contribution in [0.5, 0.6) is 5.75 Å². The number of methoxy groups -OCH3 is 1. The first-order valence-electron chi connectivity index (χ1n) is 7.69. The Morgan fingerprint density at radius 3 is 2.96 bits per heavy atom. The first-order valence-corrected chi connectivity index (χ1v) is 7.69. The van der Waals surface area contributed by atoms with Crippen LogP contribution in [0, 0.1) is 0 Å². The van der Waals surface area contributed by atoms with Crippen LogP contribution in [-0.4, -0.2) is 18.0 Å². The van der Waals surface area contributed by atoms with Gasteiger partial charge < -0.3 is 19.5 Å². The highest BCUT2D eigenvalue weighted by Crippen LogP contribution is 2.51. The molecule has 4 rings (SSSR count). The van der Waals surface area contributed by atoms with Crippen molar-refractivity contribution in [1.29, 1.82) is 0 Å². The van der Waals surface area contributed by atoms with Crippen molar-refractivity contribution in [2.75, 3.05) is 7.11 Å². The Morgan fingerprint density at radius 2 is 2.26 bits per heavy atom. The van der Waals surface area contributed by atoms with Gasteiger partial charge in [0, 0.05) is 17.1 Å². The van der Waals surface area contributed by atoms with Gasteiger partial charge in [0.2, 0.25) is 5.91 Å². The molecule has 1 aromatic carbocycles. The fourth-order valence-electron chi connectivity index (χ4n) is 3.12. The van der Waals surface area contributed by atoms with Crippen molar-refractivity contribution in [3.05, 3.63) is 54.1 Å². The number of hydrogen-bond acceptors (Lipinski definition) is 3. The molecule has 118 valence electrons. The zero-order valence-electron chi connectivity index (χ0n) is 12.9. The van der Waals surface area contributed by atoms with Gasteiger partial charge in [-0.05, 0) is 48.7 Å². The van der Waals surface area contributed by atoms with E-state index < -0.39 is 5.41 Å². The molecule has 23 heavy (non-hydrogen) atoms. The lowest BCUT2D eigenvalue weighted by Gasteiger charge is -2.14. The number of hydrogen-bond donors (Lipinski definition) is 2. The predicted molar refractivity (Wildman–Crippen MR) is 86.3 cm³/mol. The number of amides is 1. The molecule has 2 heterocycles. The number of furan rings is 1. The minimum Gasteiger partial charge on any atom is -0.497 e. The van der Waals surface area contributed by atoms with E-state index in [0.29, 0.717) is 6.54 Å². The third-order valence-electron chi connectivity index (χ3n) is 4.59. The summed E-state index contributed by atoms with van der Waals surface area (Å²) in [4.78, 5) is 16.0. The Kier molecular flexibility index (Phi) is 3.15. The highest BCUT2D eigenvalue weighted by Gasteiger charge is 2.52. The number of H-pyrrole nitrogens is 1. The molecule has 1 saturated carbocycles. The van der Waals surface area contributed by atoms with Crippen molar-refractivity contribution in [2.45, 2.75) is 24.8 Å². The number of benzene rings is 1. The van der Waals surface area contributed by atoms with Crippen LogP contribution >= 0.6 is 0 Å². The molecule has 1 aliphatic carbocycles. The van der Waals surface area contributed by atoms with Gasteiger partial charge in [0.1, 0.15) is 11.5 Å². The molecule has 0 saturated heterocycles. The lowest BCUT2D eigenvalue weighted by molar-refractivity contribution is -0.123. The number of nitrogens with one attached hydrogen (secondary N) is 2.